The van der Waals surface area contributed by atoms with E-state index in [2.05, 4.69) is 30.7 Å². The highest BCUT2D eigenvalue weighted by Gasteiger charge is 2.21. The van der Waals surface area contributed by atoms with Crippen LogP contribution in [-0.4, -0.2) is 11.5 Å². The summed E-state index contributed by atoms with van der Waals surface area (Å²) in [6, 6.07) is 0. The van der Waals surface area contributed by atoms with Gasteiger partial charge >= 0.3 is 0 Å². The standard InChI is InChI=1S/C10H16N2S/c1-8(2)7-12-10(3,4)9-11-5-6-13-9/h5-6,12H,1,7H2,2-4H3. The molecule has 2 nitrogen and oxygen atoms in total. The van der Waals surface area contributed by atoms with E-state index in [1.54, 1.807) is 11.3 Å². The Morgan fingerprint density at radius 3 is 2.85 bits per heavy atom. The van der Waals surface area contributed by atoms with E-state index in [0.29, 0.717) is 0 Å². The van der Waals surface area contributed by atoms with Crippen LogP contribution >= 0.6 is 11.3 Å². The third-order valence-corrected chi connectivity index (χ3v) is 2.90. The van der Waals surface area contributed by atoms with E-state index in [9.17, 15) is 0 Å². The molecular weight excluding hydrogens is 180 g/mol. The summed E-state index contributed by atoms with van der Waals surface area (Å²) < 4.78 is 0. The van der Waals surface area contributed by atoms with Gasteiger partial charge in [-0.05, 0) is 20.8 Å². The number of hydrogen-bond acceptors (Lipinski definition) is 3. The minimum atomic E-state index is -0.0485. The molecular formula is C10H16N2S. The topological polar surface area (TPSA) is 24.9 Å². The maximum Gasteiger partial charge on any atom is 0.112 e. The Bertz CT molecular complexity index is 275. The first-order valence-electron chi connectivity index (χ1n) is 4.32. The number of thiazole rings is 1. The van der Waals surface area contributed by atoms with Gasteiger partial charge in [0.25, 0.3) is 0 Å². The Morgan fingerprint density at radius 1 is 1.69 bits per heavy atom. The van der Waals surface area contributed by atoms with Crippen LogP contribution in [0.4, 0.5) is 0 Å². The molecule has 0 unspecified atom stereocenters. The number of nitrogens with zero attached hydrogens (tertiary/aromatic N) is 1. The van der Waals surface area contributed by atoms with Gasteiger partial charge in [-0.3, -0.25) is 0 Å². The minimum Gasteiger partial charge on any atom is -0.302 e. The normalized spacial score (nSPS) is 11.6. The fourth-order valence-corrected chi connectivity index (χ4v) is 1.72. The molecule has 0 amide bonds. The summed E-state index contributed by atoms with van der Waals surface area (Å²) in [5, 5.41) is 6.53. The molecule has 3 heteroatoms. The van der Waals surface area contributed by atoms with E-state index < -0.39 is 0 Å². The first kappa shape index (κ1) is 10.4. The Balaban J connectivity index is 2.61. The predicted molar refractivity (Wildman–Crippen MR) is 58.0 cm³/mol. The Hall–Kier alpha value is -0.670. The summed E-state index contributed by atoms with van der Waals surface area (Å²) in [4.78, 5) is 4.29. The van der Waals surface area contributed by atoms with Gasteiger partial charge in [0.2, 0.25) is 0 Å². The number of hydrogen-bond donors (Lipinski definition) is 1. The van der Waals surface area contributed by atoms with E-state index in [4.69, 9.17) is 0 Å². The molecule has 13 heavy (non-hydrogen) atoms. The fourth-order valence-electron chi connectivity index (χ4n) is 0.980. The van der Waals surface area contributed by atoms with Gasteiger partial charge in [-0.25, -0.2) is 4.98 Å². The van der Waals surface area contributed by atoms with Crippen molar-refractivity contribution in [3.63, 3.8) is 0 Å². The van der Waals surface area contributed by atoms with Gasteiger partial charge in [0.1, 0.15) is 5.01 Å². The van der Waals surface area contributed by atoms with Gasteiger partial charge in [0.15, 0.2) is 0 Å². The summed E-state index contributed by atoms with van der Waals surface area (Å²) >= 11 is 1.68. The Morgan fingerprint density at radius 2 is 2.38 bits per heavy atom. The van der Waals surface area contributed by atoms with E-state index in [1.165, 1.54) is 0 Å². The first-order valence-corrected chi connectivity index (χ1v) is 5.20. The van der Waals surface area contributed by atoms with Crippen molar-refractivity contribution in [1.29, 1.82) is 0 Å². The Labute approximate surface area is 83.7 Å². The molecule has 0 aliphatic heterocycles. The number of rotatable bonds is 4. The molecule has 1 N–H and O–H groups in total. The average Bonchev–Trinajstić information content (AvgIpc) is 2.53. The van der Waals surface area contributed by atoms with Crippen molar-refractivity contribution in [3.05, 3.63) is 28.7 Å². The molecule has 72 valence electrons. The molecule has 0 fully saturated rings. The Kier molecular flexibility index (Phi) is 3.22. The van der Waals surface area contributed by atoms with Crippen molar-refractivity contribution in [2.45, 2.75) is 26.3 Å². The SMILES string of the molecule is C=C(C)CNC(C)(C)c1nccs1. The van der Waals surface area contributed by atoms with Crippen LogP contribution in [0.3, 0.4) is 0 Å². The lowest BCUT2D eigenvalue weighted by atomic mass is 10.1. The molecule has 1 aromatic heterocycles. The molecule has 1 aromatic rings. The fraction of sp³-hybridized carbons (Fsp3) is 0.500. The third kappa shape index (κ3) is 2.94. The van der Waals surface area contributed by atoms with Crippen LogP contribution in [0.15, 0.2) is 23.7 Å². The van der Waals surface area contributed by atoms with Crippen molar-refractivity contribution in [2.75, 3.05) is 6.54 Å². The zero-order valence-electron chi connectivity index (χ0n) is 8.42. The highest BCUT2D eigenvalue weighted by molar-refractivity contribution is 7.09. The molecule has 0 spiro atoms. The second-order valence-corrected chi connectivity index (χ2v) is 4.67. The predicted octanol–water partition coefficient (Wildman–Crippen LogP) is 2.54. The third-order valence-electron chi connectivity index (χ3n) is 1.80. The summed E-state index contributed by atoms with van der Waals surface area (Å²) in [5.74, 6) is 0. The highest BCUT2D eigenvalue weighted by Crippen LogP contribution is 2.21. The van der Waals surface area contributed by atoms with E-state index >= 15 is 0 Å². The molecule has 0 bridgehead atoms. The quantitative estimate of drug-likeness (QED) is 0.749. The maximum absolute atomic E-state index is 4.29. The van der Waals surface area contributed by atoms with E-state index in [1.807, 2.05) is 18.5 Å². The van der Waals surface area contributed by atoms with Gasteiger partial charge in [0.05, 0.1) is 5.54 Å². The van der Waals surface area contributed by atoms with Crippen molar-refractivity contribution in [3.8, 4) is 0 Å². The molecule has 0 aromatic carbocycles. The van der Waals surface area contributed by atoms with E-state index in [-0.39, 0.29) is 5.54 Å². The molecule has 0 saturated heterocycles. The van der Waals surface area contributed by atoms with Gasteiger partial charge < -0.3 is 5.32 Å². The van der Waals surface area contributed by atoms with Crippen LogP contribution in [0.25, 0.3) is 0 Å². The average molecular weight is 196 g/mol. The minimum absolute atomic E-state index is 0.0485. The smallest absolute Gasteiger partial charge is 0.112 e. The zero-order valence-corrected chi connectivity index (χ0v) is 9.24. The molecule has 0 aliphatic carbocycles. The van der Waals surface area contributed by atoms with Crippen LogP contribution in [0, 0.1) is 0 Å². The highest BCUT2D eigenvalue weighted by atomic mass is 32.1. The molecule has 1 rings (SSSR count). The largest absolute Gasteiger partial charge is 0.302 e. The summed E-state index contributed by atoms with van der Waals surface area (Å²) in [5.41, 5.74) is 1.09. The van der Waals surface area contributed by atoms with Crippen LogP contribution in [0.1, 0.15) is 25.8 Å². The lowest BCUT2D eigenvalue weighted by Gasteiger charge is -2.23. The summed E-state index contributed by atoms with van der Waals surface area (Å²) in [7, 11) is 0. The zero-order chi connectivity index (χ0) is 9.90. The number of aromatic nitrogens is 1. The van der Waals surface area contributed by atoms with Gasteiger partial charge in [0, 0.05) is 18.1 Å². The first-order chi connectivity index (χ1) is 6.02. The molecule has 1 heterocycles. The summed E-state index contributed by atoms with van der Waals surface area (Å²) in [6.45, 7) is 11.0. The molecule has 0 aliphatic rings. The second-order valence-electron chi connectivity index (χ2n) is 3.77. The lowest BCUT2D eigenvalue weighted by Crippen LogP contribution is -2.37. The van der Waals surface area contributed by atoms with Crippen molar-refractivity contribution < 1.29 is 0 Å². The maximum atomic E-state index is 4.29. The van der Waals surface area contributed by atoms with E-state index in [0.717, 1.165) is 17.1 Å². The number of nitrogens with one attached hydrogen (secondary N) is 1. The van der Waals surface area contributed by atoms with Crippen molar-refractivity contribution >= 4 is 11.3 Å². The van der Waals surface area contributed by atoms with Crippen LogP contribution in [0.2, 0.25) is 0 Å². The monoisotopic (exact) mass is 196 g/mol. The van der Waals surface area contributed by atoms with Gasteiger partial charge in [-0.2, -0.15) is 0 Å². The summed E-state index contributed by atoms with van der Waals surface area (Å²) in [6.07, 6.45) is 1.84. The second kappa shape index (κ2) is 4.03. The lowest BCUT2D eigenvalue weighted by molar-refractivity contribution is 0.419. The molecule has 0 saturated carbocycles. The molecule has 0 radical (unpaired) electrons. The van der Waals surface area contributed by atoms with Gasteiger partial charge in [-0.1, -0.05) is 12.2 Å². The van der Waals surface area contributed by atoms with Crippen molar-refractivity contribution in [1.82, 2.24) is 10.3 Å². The van der Waals surface area contributed by atoms with Crippen LogP contribution < -0.4 is 5.32 Å². The molecule has 0 atom stereocenters. The van der Waals surface area contributed by atoms with Crippen molar-refractivity contribution in [2.24, 2.45) is 0 Å². The van der Waals surface area contributed by atoms with Crippen LogP contribution in [-0.2, 0) is 5.54 Å². The van der Waals surface area contributed by atoms with Gasteiger partial charge in [-0.15, -0.1) is 11.3 Å². The van der Waals surface area contributed by atoms with Crippen LogP contribution in [0.5, 0.6) is 0 Å².